The van der Waals surface area contributed by atoms with Gasteiger partial charge in [0.2, 0.25) is 5.91 Å². The summed E-state index contributed by atoms with van der Waals surface area (Å²) in [6.07, 6.45) is 11.3. The molecule has 37 heavy (non-hydrogen) atoms. The van der Waals surface area contributed by atoms with Crippen LogP contribution in [-0.2, 0) is 4.79 Å². The summed E-state index contributed by atoms with van der Waals surface area (Å²) in [5, 5.41) is 5.40. The van der Waals surface area contributed by atoms with Crippen LogP contribution < -0.4 is 22.2 Å². The second-order valence-corrected chi connectivity index (χ2v) is 13.4. The molecule has 1 amide bonds. The molecule has 5 fully saturated rings. The molecule has 9 unspecified atom stereocenters. The summed E-state index contributed by atoms with van der Waals surface area (Å²) in [5.74, 6) is 1.53. The Morgan fingerprint density at radius 1 is 1.05 bits per heavy atom. The maximum atomic E-state index is 14.0. The molecule has 0 aromatic rings. The topological polar surface area (TPSA) is 99.6 Å². The van der Waals surface area contributed by atoms with E-state index in [4.69, 9.17) is 11.5 Å². The van der Waals surface area contributed by atoms with Crippen molar-refractivity contribution >= 4 is 15.1 Å². The summed E-state index contributed by atoms with van der Waals surface area (Å²) in [6, 6.07) is -0.372. The van der Waals surface area contributed by atoms with Gasteiger partial charge in [-0.25, -0.2) is 13.8 Å². The molecule has 0 aromatic heterocycles. The number of hydrazine groups is 1. The van der Waals surface area contributed by atoms with E-state index in [-0.39, 0.29) is 18.4 Å². The Bertz CT molecular complexity index is 792. The molecule has 7 nitrogen and oxygen atoms in total. The Morgan fingerprint density at radius 2 is 1.70 bits per heavy atom. The third-order valence-electron chi connectivity index (χ3n) is 10.3. The fraction of sp³-hybridized carbons (Fsp3) is 0.963. The van der Waals surface area contributed by atoms with Gasteiger partial charge >= 0.3 is 0 Å². The third-order valence-corrected chi connectivity index (χ3v) is 10.7. The summed E-state index contributed by atoms with van der Waals surface area (Å²) >= 11 is 0. The molecule has 9 atom stereocenters. The number of rotatable bonds is 7. The van der Waals surface area contributed by atoms with Gasteiger partial charge < -0.3 is 16.4 Å². The average Bonchev–Trinajstić information content (AvgIpc) is 3.65. The van der Waals surface area contributed by atoms with Gasteiger partial charge in [0, 0.05) is 42.7 Å². The third kappa shape index (κ3) is 5.60. The molecule has 0 bridgehead atoms. The van der Waals surface area contributed by atoms with Crippen molar-refractivity contribution in [1.82, 2.24) is 20.7 Å². The van der Waals surface area contributed by atoms with Crippen molar-refractivity contribution in [2.24, 2.45) is 35.1 Å². The van der Waals surface area contributed by atoms with Crippen molar-refractivity contribution in [1.29, 1.82) is 0 Å². The fourth-order valence-electron chi connectivity index (χ4n) is 8.34. The SMILES string of the molecule is CCCC1NN(C2CCC(C3CC3)CC2)C2CCN(C(=O)C3C(N)CC(C(F)(F)P)NC3N)C(CC)C12. The van der Waals surface area contributed by atoms with E-state index in [2.05, 4.69) is 29.6 Å². The molecule has 0 aromatic carbocycles. The zero-order chi connectivity index (χ0) is 26.5. The first-order chi connectivity index (χ1) is 17.6. The van der Waals surface area contributed by atoms with Gasteiger partial charge in [-0.2, -0.15) is 0 Å². The van der Waals surface area contributed by atoms with Crippen LogP contribution in [0.15, 0.2) is 0 Å². The molecule has 3 saturated heterocycles. The van der Waals surface area contributed by atoms with Crippen LogP contribution in [0.4, 0.5) is 8.78 Å². The number of alkyl halides is 2. The second kappa shape index (κ2) is 11.2. The number of piperidine rings is 2. The van der Waals surface area contributed by atoms with Crippen LogP contribution in [0.5, 0.6) is 0 Å². The van der Waals surface area contributed by atoms with Gasteiger partial charge in [0.25, 0.3) is 5.66 Å². The van der Waals surface area contributed by atoms with Crippen LogP contribution in [0.3, 0.4) is 0 Å². The zero-order valence-electron chi connectivity index (χ0n) is 22.6. The van der Waals surface area contributed by atoms with Gasteiger partial charge in [-0.1, -0.05) is 29.5 Å². The van der Waals surface area contributed by atoms with Crippen molar-refractivity contribution < 1.29 is 13.6 Å². The molecule has 0 spiro atoms. The van der Waals surface area contributed by atoms with E-state index in [0.29, 0.717) is 30.6 Å². The lowest BCUT2D eigenvalue weighted by Crippen LogP contribution is -2.68. The molecule has 212 valence electrons. The molecule has 5 rings (SSSR count). The number of carbonyl (C=O) groups excluding carboxylic acids is 1. The zero-order valence-corrected chi connectivity index (χ0v) is 23.8. The summed E-state index contributed by atoms with van der Waals surface area (Å²) in [4.78, 5) is 16.0. The lowest BCUT2D eigenvalue weighted by Gasteiger charge is -2.49. The summed E-state index contributed by atoms with van der Waals surface area (Å²) < 4.78 is 27.9. The highest BCUT2D eigenvalue weighted by Crippen LogP contribution is 2.47. The van der Waals surface area contributed by atoms with Gasteiger partial charge in [0.05, 0.1) is 18.1 Å². The second-order valence-electron chi connectivity index (χ2n) is 12.6. The van der Waals surface area contributed by atoms with Gasteiger partial charge in [-0.15, -0.1) is 0 Å². The molecule has 6 N–H and O–H groups in total. The van der Waals surface area contributed by atoms with E-state index in [1.165, 1.54) is 38.5 Å². The van der Waals surface area contributed by atoms with Crippen LogP contribution in [0.25, 0.3) is 0 Å². The van der Waals surface area contributed by atoms with E-state index in [0.717, 1.165) is 37.5 Å². The van der Waals surface area contributed by atoms with Crippen LogP contribution in [0, 0.1) is 23.7 Å². The first-order valence-electron chi connectivity index (χ1n) is 14.9. The van der Waals surface area contributed by atoms with E-state index in [9.17, 15) is 13.6 Å². The first-order valence-corrected chi connectivity index (χ1v) is 15.5. The Hall–Kier alpha value is -0.440. The molecule has 3 aliphatic heterocycles. The molecule has 0 radical (unpaired) electrons. The minimum absolute atomic E-state index is 0.0224. The van der Waals surface area contributed by atoms with Gasteiger partial charge in [0.15, 0.2) is 0 Å². The molecular weight excluding hydrogens is 493 g/mol. The molecular formula is C27H49F2N6OP. The van der Waals surface area contributed by atoms with Crippen LogP contribution in [-0.4, -0.2) is 70.4 Å². The molecule has 5 aliphatic rings. The van der Waals surface area contributed by atoms with Crippen molar-refractivity contribution in [3.63, 3.8) is 0 Å². The van der Waals surface area contributed by atoms with Crippen molar-refractivity contribution in [2.75, 3.05) is 6.54 Å². The number of nitrogens with one attached hydrogen (secondary N) is 2. The fourth-order valence-corrected chi connectivity index (χ4v) is 8.58. The molecule has 2 aliphatic carbocycles. The maximum Gasteiger partial charge on any atom is 0.273 e. The minimum atomic E-state index is -3.02. The van der Waals surface area contributed by atoms with Crippen LogP contribution in [0.1, 0.15) is 84.5 Å². The first kappa shape index (κ1) is 28.1. The van der Waals surface area contributed by atoms with Gasteiger partial charge in [-0.05, 0) is 76.0 Å². The predicted octanol–water partition coefficient (Wildman–Crippen LogP) is 3.00. The number of nitrogens with two attached hydrogens (primary N) is 2. The van der Waals surface area contributed by atoms with E-state index < -0.39 is 29.8 Å². The highest BCUT2D eigenvalue weighted by Gasteiger charge is 2.54. The largest absolute Gasteiger partial charge is 0.339 e. The van der Waals surface area contributed by atoms with Crippen molar-refractivity contribution in [3.8, 4) is 0 Å². The Labute approximate surface area is 223 Å². The van der Waals surface area contributed by atoms with Gasteiger partial charge in [-0.3, -0.25) is 15.5 Å². The lowest BCUT2D eigenvalue weighted by atomic mass is 9.76. The molecule has 2 saturated carbocycles. The quantitative estimate of drug-likeness (QED) is 0.369. The monoisotopic (exact) mass is 542 g/mol. The Kier molecular flexibility index (Phi) is 8.51. The number of nitrogens with zero attached hydrogens (tertiary/aromatic N) is 2. The van der Waals surface area contributed by atoms with Crippen LogP contribution >= 0.6 is 9.24 Å². The number of likely N-dealkylation sites (tertiary alicyclic amines) is 1. The number of hydrogen-bond acceptors (Lipinski definition) is 6. The number of fused-ring (bicyclic) bond motifs is 1. The smallest absolute Gasteiger partial charge is 0.273 e. The van der Waals surface area contributed by atoms with Crippen LogP contribution in [0.2, 0.25) is 0 Å². The normalized spacial score (nSPS) is 43.6. The minimum Gasteiger partial charge on any atom is -0.339 e. The number of halogens is 2. The molecule has 10 heteroatoms. The summed E-state index contributed by atoms with van der Waals surface area (Å²) in [7, 11) is 1.58. The van der Waals surface area contributed by atoms with E-state index in [1.807, 2.05) is 4.90 Å². The summed E-state index contributed by atoms with van der Waals surface area (Å²) in [5.41, 5.74) is 13.6. The van der Waals surface area contributed by atoms with E-state index >= 15 is 0 Å². The number of amides is 1. The number of hydrogen-bond donors (Lipinski definition) is 4. The lowest BCUT2D eigenvalue weighted by molar-refractivity contribution is -0.146. The molecule has 3 heterocycles. The Morgan fingerprint density at radius 3 is 2.24 bits per heavy atom. The number of carbonyl (C=O) groups is 1. The highest BCUT2D eigenvalue weighted by atomic mass is 31.0. The highest BCUT2D eigenvalue weighted by molar-refractivity contribution is 7.18. The van der Waals surface area contributed by atoms with Crippen molar-refractivity contribution in [3.05, 3.63) is 0 Å². The predicted molar refractivity (Wildman–Crippen MR) is 145 cm³/mol. The van der Waals surface area contributed by atoms with Gasteiger partial charge in [0.1, 0.15) is 0 Å². The summed E-state index contributed by atoms with van der Waals surface area (Å²) in [6.45, 7) is 5.08. The maximum absolute atomic E-state index is 14.0. The average molecular weight is 543 g/mol. The van der Waals surface area contributed by atoms with E-state index in [1.54, 1.807) is 9.24 Å². The van der Waals surface area contributed by atoms with Crippen molar-refractivity contribution in [2.45, 2.75) is 133 Å². The standard InChI is InChI=1S/C27H49F2N6OP/c1-3-5-19-24-20(4-2)34(26(36)23-18(30)14-22(27(28,29)37)32-25(23)31)13-12-21(24)35(33-19)17-10-8-16(9-11-17)15-6-7-15/h15-25,32-33H,3-14,30-31,37H2,1-2H3. The Balaban J connectivity index is 1.30.